The molecule has 0 atom stereocenters. The van der Waals surface area contributed by atoms with Crippen molar-refractivity contribution in [3.05, 3.63) is 88.8 Å². The molecule has 0 bridgehead atoms. The van der Waals surface area contributed by atoms with Crippen LogP contribution < -0.4 is 10.6 Å². The Morgan fingerprint density at radius 3 is 2.56 bits per heavy atom. The van der Waals surface area contributed by atoms with E-state index in [9.17, 15) is 9.18 Å². The Hall–Kier alpha value is -2.92. The van der Waals surface area contributed by atoms with Gasteiger partial charge in [0, 0.05) is 23.5 Å². The fraction of sp³-hybridized carbons (Fsp3) is 0.0526. The van der Waals surface area contributed by atoms with E-state index in [1.165, 1.54) is 24.4 Å². The zero-order valence-corrected chi connectivity index (χ0v) is 13.9. The topological polar surface area (TPSA) is 54.0 Å². The van der Waals surface area contributed by atoms with Crippen molar-refractivity contribution in [3.8, 4) is 0 Å². The molecule has 0 aliphatic heterocycles. The summed E-state index contributed by atoms with van der Waals surface area (Å²) in [5, 5.41) is 6.49. The molecule has 0 saturated heterocycles. The molecule has 126 valence electrons. The average molecular weight is 356 g/mol. The Balaban J connectivity index is 1.59. The van der Waals surface area contributed by atoms with Crippen LogP contribution in [-0.4, -0.2) is 10.9 Å². The number of nitrogens with zero attached hydrogens (tertiary/aromatic N) is 1. The highest BCUT2D eigenvalue weighted by Gasteiger charge is 2.07. The summed E-state index contributed by atoms with van der Waals surface area (Å²) in [4.78, 5) is 16.4. The van der Waals surface area contributed by atoms with Crippen molar-refractivity contribution in [2.45, 2.75) is 6.54 Å². The van der Waals surface area contributed by atoms with Gasteiger partial charge in [-0.2, -0.15) is 0 Å². The van der Waals surface area contributed by atoms with Crippen LogP contribution in [0.3, 0.4) is 0 Å². The highest BCUT2D eigenvalue weighted by atomic mass is 35.5. The van der Waals surface area contributed by atoms with Gasteiger partial charge >= 0.3 is 0 Å². The predicted octanol–water partition coefficient (Wildman–Crippen LogP) is 4.74. The van der Waals surface area contributed by atoms with Crippen LogP contribution in [0.1, 0.15) is 15.9 Å². The van der Waals surface area contributed by atoms with Gasteiger partial charge < -0.3 is 10.6 Å². The van der Waals surface area contributed by atoms with E-state index in [0.717, 1.165) is 5.56 Å². The Labute approximate surface area is 149 Å². The molecule has 1 amide bonds. The number of amides is 1. The molecule has 3 rings (SSSR count). The molecular formula is C19H15ClFN3O. The summed E-state index contributed by atoms with van der Waals surface area (Å²) in [6.07, 6.45) is 1.47. The number of rotatable bonds is 5. The van der Waals surface area contributed by atoms with Gasteiger partial charge in [0.2, 0.25) is 0 Å². The Kier molecular flexibility index (Phi) is 5.26. The van der Waals surface area contributed by atoms with E-state index in [-0.39, 0.29) is 5.91 Å². The fourth-order valence-corrected chi connectivity index (χ4v) is 2.32. The van der Waals surface area contributed by atoms with E-state index >= 15 is 0 Å². The first-order chi connectivity index (χ1) is 12.1. The first-order valence-corrected chi connectivity index (χ1v) is 7.99. The third-order valence-electron chi connectivity index (χ3n) is 3.50. The molecule has 0 aliphatic rings. The summed E-state index contributed by atoms with van der Waals surface area (Å²) in [6, 6.07) is 16.6. The summed E-state index contributed by atoms with van der Waals surface area (Å²) >= 11 is 5.85. The van der Waals surface area contributed by atoms with Crippen molar-refractivity contribution < 1.29 is 9.18 Å². The van der Waals surface area contributed by atoms with Gasteiger partial charge in [-0.3, -0.25) is 4.79 Å². The van der Waals surface area contributed by atoms with Gasteiger partial charge in [0.05, 0.1) is 5.56 Å². The lowest BCUT2D eigenvalue weighted by atomic mass is 10.2. The standard InChI is InChI=1S/C19H15ClFN3O/c20-15-7-4-13(5-8-15)11-22-18-9-6-14(12-23-18)19(25)24-17-3-1-2-16(21)10-17/h1-10,12H,11H2,(H,22,23)(H,24,25). The number of anilines is 2. The summed E-state index contributed by atoms with van der Waals surface area (Å²) in [5.41, 5.74) is 1.86. The first kappa shape index (κ1) is 16.9. The fourth-order valence-electron chi connectivity index (χ4n) is 2.20. The van der Waals surface area contributed by atoms with E-state index in [1.807, 2.05) is 24.3 Å². The third kappa shape index (κ3) is 4.78. The Bertz CT molecular complexity index is 867. The van der Waals surface area contributed by atoms with Crippen LogP contribution in [0.5, 0.6) is 0 Å². The molecule has 0 aliphatic carbocycles. The molecule has 0 fully saturated rings. The second-order valence-electron chi connectivity index (χ2n) is 5.38. The molecule has 2 aromatic carbocycles. The number of carbonyl (C=O) groups excluding carboxylic acids is 1. The highest BCUT2D eigenvalue weighted by molar-refractivity contribution is 6.30. The Morgan fingerprint density at radius 1 is 1.08 bits per heavy atom. The van der Waals surface area contributed by atoms with Gasteiger partial charge in [-0.15, -0.1) is 0 Å². The zero-order chi connectivity index (χ0) is 17.6. The van der Waals surface area contributed by atoms with E-state index in [4.69, 9.17) is 11.6 Å². The van der Waals surface area contributed by atoms with Crippen molar-refractivity contribution in [1.82, 2.24) is 4.98 Å². The van der Waals surface area contributed by atoms with Crippen molar-refractivity contribution in [1.29, 1.82) is 0 Å². The second kappa shape index (κ2) is 7.77. The molecule has 0 saturated carbocycles. The van der Waals surface area contributed by atoms with Gasteiger partial charge in [-0.05, 0) is 48.0 Å². The van der Waals surface area contributed by atoms with Crippen LogP contribution in [0.25, 0.3) is 0 Å². The normalized spacial score (nSPS) is 10.3. The zero-order valence-electron chi connectivity index (χ0n) is 13.2. The molecule has 0 spiro atoms. The maximum absolute atomic E-state index is 13.1. The summed E-state index contributed by atoms with van der Waals surface area (Å²) < 4.78 is 13.1. The van der Waals surface area contributed by atoms with Crippen LogP contribution in [-0.2, 0) is 6.54 Å². The Morgan fingerprint density at radius 2 is 1.88 bits per heavy atom. The number of halogens is 2. The molecule has 25 heavy (non-hydrogen) atoms. The minimum Gasteiger partial charge on any atom is -0.366 e. The number of nitrogens with one attached hydrogen (secondary N) is 2. The van der Waals surface area contributed by atoms with Crippen molar-refractivity contribution in [2.24, 2.45) is 0 Å². The van der Waals surface area contributed by atoms with Crippen LogP contribution in [0, 0.1) is 5.82 Å². The number of pyridine rings is 1. The van der Waals surface area contributed by atoms with E-state index in [2.05, 4.69) is 15.6 Å². The van der Waals surface area contributed by atoms with E-state index in [1.54, 1.807) is 18.2 Å². The molecule has 4 nitrogen and oxygen atoms in total. The van der Waals surface area contributed by atoms with Crippen molar-refractivity contribution in [3.63, 3.8) is 0 Å². The molecule has 6 heteroatoms. The predicted molar refractivity (Wildman–Crippen MR) is 97.4 cm³/mol. The second-order valence-corrected chi connectivity index (χ2v) is 5.81. The molecule has 2 N–H and O–H groups in total. The number of hydrogen-bond acceptors (Lipinski definition) is 3. The summed E-state index contributed by atoms with van der Waals surface area (Å²) in [7, 11) is 0. The van der Waals surface area contributed by atoms with Gasteiger partial charge in [0.15, 0.2) is 0 Å². The quantitative estimate of drug-likeness (QED) is 0.695. The molecule has 1 heterocycles. The van der Waals surface area contributed by atoms with Crippen LogP contribution in [0.15, 0.2) is 66.9 Å². The van der Waals surface area contributed by atoms with Crippen molar-refractivity contribution in [2.75, 3.05) is 10.6 Å². The maximum Gasteiger partial charge on any atom is 0.257 e. The van der Waals surface area contributed by atoms with Gasteiger partial charge in [0.1, 0.15) is 11.6 Å². The summed E-state index contributed by atoms with van der Waals surface area (Å²) in [6.45, 7) is 0.596. The number of carbonyl (C=O) groups is 1. The smallest absolute Gasteiger partial charge is 0.257 e. The first-order valence-electron chi connectivity index (χ1n) is 7.61. The monoisotopic (exact) mass is 355 g/mol. The SMILES string of the molecule is O=C(Nc1cccc(F)c1)c1ccc(NCc2ccc(Cl)cc2)nc1. The van der Waals surface area contributed by atoms with Crippen LogP contribution in [0.2, 0.25) is 5.02 Å². The molecule has 1 aromatic heterocycles. The summed E-state index contributed by atoms with van der Waals surface area (Å²) in [5.74, 6) is -0.0997. The number of aromatic nitrogens is 1. The van der Waals surface area contributed by atoms with Crippen LogP contribution in [0.4, 0.5) is 15.9 Å². The molecule has 0 unspecified atom stereocenters. The van der Waals surface area contributed by atoms with E-state index < -0.39 is 5.82 Å². The number of benzene rings is 2. The number of hydrogen-bond donors (Lipinski definition) is 2. The third-order valence-corrected chi connectivity index (χ3v) is 3.75. The minimum absolute atomic E-state index is 0.345. The largest absolute Gasteiger partial charge is 0.366 e. The molecular weight excluding hydrogens is 341 g/mol. The average Bonchev–Trinajstić information content (AvgIpc) is 2.62. The maximum atomic E-state index is 13.1. The van der Waals surface area contributed by atoms with Crippen LogP contribution >= 0.6 is 11.6 Å². The minimum atomic E-state index is -0.405. The lowest BCUT2D eigenvalue weighted by Crippen LogP contribution is -2.12. The van der Waals surface area contributed by atoms with E-state index in [0.29, 0.717) is 28.6 Å². The lowest BCUT2D eigenvalue weighted by Gasteiger charge is -2.08. The molecule has 3 aromatic rings. The molecule has 0 radical (unpaired) electrons. The van der Waals surface area contributed by atoms with Gasteiger partial charge in [-0.25, -0.2) is 9.37 Å². The lowest BCUT2D eigenvalue weighted by molar-refractivity contribution is 0.102. The van der Waals surface area contributed by atoms with Gasteiger partial charge in [0.25, 0.3) is 5.91 Å². The van der Waals surface area contributed by atoms with Crippen molar-refractivity contribution >= 4 is 29.0 Å². The highest BCUT2D eigenvalue weighted by Crippen LogP contribution is 2.13. The van der Waals surface area contributed by atoms with Gasteiger partial charge in [-0.1, -0.05) is 29.8 Å².